The average molecular weight is 284 g/mol. The van der Waals surface area contributed by atoms with Gasteiger partial charge in [-0.2, -0.15) is 11.8 Å². The molecular formula is C13H20N2O3S. The van der Waals surface area contributed by atoms with Gasteiger partial charge in [0.2, 0.25) is 0 Å². The topological polar surface area (TPSA) is 75.4 Å². The number of benzene rings is 1. The summed E-state index contributed by atoms with van der Waals surface area (Å²) >= 11 is 1.71. The summed E-state index contributed by atoms with van der Waals surface area (Å²) in [5.74, 6) is 0.911. The van der Waals surface area contributed by atoms with E-state index in [1.54, 1.807) is 30.8 Å². The molecule has 0 heterocycles. The van der Waals surface area contributed by atoms with Gasteiger partial charge in [0.05, 0.1) is 4.92 Å². The maximum atomic E-state index is 10.9. The molecule has 0 aromatic heterocycles. The zero-order valence-electron chi connectivity index (χ0n) is 11.3. The maximum absolute atomic E-state index is 10.9. The minimum atomic E-state index is -0.355. The third-order valence-electron chi connectivity index (χ3n) is 2.91. The van der Waals surface area contributed by atoms with Crippen LogP contribution in [0.2, 0.25) is 0 Å². The second-order valence-electron chi connectivity index (χ2n) is 4.42. The van der Waals surface area contributed by atoms with Crippen LogP contribution >= 0.6 is 11.8 Å². The van der Waals surface area contributed by atoms with Crippen LogP contribution in [0.15, 0.2) is 18.2 Å². The summed E-state index contributed by atoms with van der Waals surface area (Å²) in [5, 5.41) is 23.2. The van der Waals surface area contributed by atoms with Crippen molar-refractivity contribution < 1.29 is 10.0 Å². The molecule has 19 heavy (non-hydrogen) atoms. The number of aliphatic hydroxyl groups is 1. The summed E-state index contributed by atoms with van der Waals surface area (Å²) in [6.45, 7) is 2.45. The number of thioether (sulfide) groups is 1. The number of nitro benzene ring substituents is 1. The summed E-state index contributed by atoms with van der Waals surface area (Å²) in [6, 6.07) is 5.49. The first-order valence-electron chi connectivity index (χ1n) is 6.15. The lowest BCUT2D eigenvalue weighted by molar-refractivity contribution is -0.385. The van der Waals surface area contributed by atoms with Crippen molar-refractivity contribution in [1.29, 1.82) is 0 Å². The van der Waals surface area contributed by atoms with Gasteiger partial charge < -0.3 is 10.4 Å². The number of rotatable bonds is 8. The summed E-state index contributed by atoms with van der Waals surface area (Å²) in [6.07, 6.45) is 2.71. The zero-order chi connectivity index (χ0) is 14.3. The molecule has 0 aliphatic rings. The Balaban J connectivity index is 2.66. The van der Waals surface area contributed by atoms with E-state index in [1.165, 1.54) is 0 Å². The Morgan fingerprint density at radius 1 is 1.53 bits per heavy atom. The summed E-state index contributed by atoms with van der Waals surface area (Å²) in [7, 11) is 0. The van der Waals surface area contributed by atoms with Gasteiger partial charge >= 0.3 is 0 Å². The molecule has 1 atom stereocenters. The highest BCUT2D eigenvalue weighted by molar-refractivity contribution is 7.98. The van der Waals surface area contributed by atoms with Crippen molar-refractivity contribution >= 4 is 17.4 Å². The predicted octanol–water partition coefficient (Wildman–Crippen LogP) is 2.11. The molecule has 6 heteroatoms. The molecule has 0 aliphatic carbocycles. The molecule has 106 valence electrons. The molecule has 1 rings (SSSR count). The number of nitro groups is 1. The minimum Gasteiger partial charge on any atom is -0.396 e. The molecule has 2 N–H and O–H groups in total. The number of aliphatic hydroxyl groups excluding tert-OH is 1. The first-order chi connectivity index (χ1) is 9.08. The molecule has 1 aromatic rings. The molecule has 5 nitrogen and oxygen atoms in total. The van der Waals surface area contributed by atoms with Gasteiger partial charge in [-0.25, -0.2) is 0 Å². The van der Waals surface area contributed by atoms with E-state index in [4.69, 9.17) is 5.11 Å². The maximum Gasteiger partial charge on any atom is 0.272 e. The highest BCUT2D eigenvalue weighted by Crippen LogP contribution is 2.19. The van der Waals surface area contributed by atoms with Crippen molar-refractivity contribution in [1.82, 2.24) is 5.32 Å². The van der Waals surface area contributed by atoms with Crippen molar-refractivity contribution in [3.05, 3.63) is 39.4 Å². The average Bonchev–Trinajstić information content (AvgIpc) is 2.37. The van der Waals surface area contributed by atoms with Crippen LogP contribution in [0.5, 0.6) is 0 Å². The van der Waals surface area contributed by atoms with Crippen molar-refractivity contribution in [2.75, 3.05) is 18.6 Å². The molecule has 0 amide bonds. The van der Waals surface area contributed by atoms with Gasteiger partial charge in [0, 0.05) is 36.6 Å². The lowest BCUT2D eigenvalue weighted by Gasteiger charge is -2.16. The molecular weight excluding hydrogens is 264 g/mol. The fourth-order valence-corrected chi connectivity index (χ4v) is 2.51. The molecule has 0 saturated heterocycles. The Hall–Kier alpha value is -1.11. The van der Waals surface area contributed by atoms with Crippen LogP contribution in [0.3, 0.4) is 0 Å². The van der Waals surface area contributed by atoms with E-state index in [-0.39, 0.29) is 23.3 Å². The third kappa shape index (κ3) is 5.18. The van der Waals surface area contributed by atoms with Crippen LogP contribution < -0.4 is 5.32 Å². The molecule has 0 fully saturated rings. The van der Waals surface area contributed by atoms with Gasteiger partial charge in [0.25, 0.3) is 5.69 Å². The van der Waals surface area contributed by atoms with E-state index in [2.05, 4.69) is 5.32 Å². The number of hydrogen-bond donors (Lipinski definition) is 2. The van der Waals surface area contributed by atoms with Crippen molar-refractivity contribution in [2.24, 2.45) is 0 Å². The molecule has 0 spiro atoms. The molecule has 1 unspecified atom stereocenters. The van der Waals surface area contributed by atoms with E-state index < -0.39 is 0 Å². The first kappa shape index (κ1) is 15.9. The third-order valence-corrected chi connectivity index (χ3v) is 3.65. The highest BCUT2D eigenvalue weighted by atomic mass is 32.2. The van der Waals surface area contributed by atoms with Crippen molar-refractivity contribution in [3.63, 3.8) is 0 Å². The van der Waals surface area contributed by atoms with Crippen molar-refractivity contribution in [2.45, 2.75) is 25.9 Å². The number of nitrogens with one attached hydrogen (secondary N) is 1. The molecule has 0 bridgehead atoms. The van der Waals surface area contributed by atoms with Crippen LogP contribution in [0.25, 0.3) is 0 Å². The molecule has 0 saturated carbocycles. The van der Waals surface area contributed by atoms with E-state index in [0.717, 1.165) is 11.3 Å². The zero-order valence-corrected chi connectivity index (χ0v) is 12.1. The highest BCUT2D eigenvalue weighted by Gasteiger charge is 2.12. The van der Waals surface area contributed by atoms with Gasteiger partial charge in [0.1, 0.15) is 0 Å². The van der Waals surface area contributed by atoms with E-state index in [0.29, 0.717) is 18.5 Å². The summed E-state index contributed by atoms with van der Waals surface area (Å²) in [4.78, 5) is 10.5. The van der Waals surface area contributed by atoms with Gasteiger partial charge in [-0.05, 0) is 25.2 Å². The van der Waals surface area contributed by atoms with E-state index in [1.807, 2.05) is 12.3 Å². The van der Waals surface area contributed by atoms with Crippen LogP contribution in [0, 0.1) is 17.0 Å². The lowest BCUT2D eigenvalue weighted by Crippen LogP contribution is -2.31. The molecule has 1 aromatic carbocycles. The fourth-order valence-electron chi connectivity index (χ4n) is 1.83. The largest absolute Gasteiger partial charge is 0.396 e. The lowest BCUT2D eigenvalue weighted by atomic mass is 10.1. The molecule has 0 aliphatic heterocycles. The molecule has 0 radical (unpaired) electrons. The van der Waals surface area contributed by atoms with Gasteiger partial charge in [-0.3, -0.25) is 10.1 Å². The quantitative estimate of drug-likeness (QED) is 0.565. The first-order valence-corrected chi connectivity index (χ1v) is 7.55. The van der Waals surface area contributed by atoms with Gasteiger partial charge in [-0.15, -0.1) is 0 Å². The number of nitrogens with zero attached hydrogens (tertiary/aromatic N) is 1. The monoisotopic (exact) mass is 284 g/mol. The number of hydrogen-bond acceptors (Lipinski definition) is 5. The van der Waals surface area contributed by atoms with E-state index >= 15 is 0 Å². The second-order valence-corrected chi connectivity index (χ2v) is 5.33. The smallest absolute Gasteiger partial charge is 0.272 e. The normalized spacial score (nSPS) is 12.4. The van der Waals surface area contributed by atoms with Crippen LogP contribution in [-0.4, -0.2) is 34.7 Å². The minimum absolute atomic E-state index is 0.145. The Morgan fingerprint density at radius 2 is 2.26 bits per heavy atom. The van der Waals surface area contributed by atoms with Gasteiger partial charge in [0.15, 0.2) is 0 Å². The second kappa shape index (κ2) is 8.14. The fraction of sp³-hybridized carbons (Fsp3) is 0.538. The SMILES string of the molecule is CSCC(CCO)NCc1ccc(C)c([N+](=O)[O-])c1. The Kier molecular flexibility index (Phi) is 6.83. The Morgan fingerprint density at radius 3 is 2.84 bits per heavy atom. The number of aryl methyl sites for hydroxylation is 1. The van der Waals surface area contributed by atoms with E-state index in [9.17, 15) is 10.1 Å². The predicted molar refractivity (Wildman–Crippen MR) is 78.5 cm³/mol. The van der Waals surface area contributed by atoms with Crippen molar-refractivity contribution in [3.8, 4) is 0 Å². The standard InChI is InChI=1S/C13H20N2O3S/c1-10-3-4-11(7-13(10)15(17)18)8-14-12(5-6-16)9-19-2/h3-4,7,12,14,16H,5-6,8-9H2,1-2H3. The van der Waals surface area contributed by atoms with Crippen LogP contribution in [0.4, 0.5) is 5.69 Å². The Labute approximate surface area is 117 Å². The summed E-state index contributed by atoms with van der Waals surface area (Å²) < 4.78 is 0. The van der Waals surface area contributed by atoms with Gasteiger partial charge in [-0.1, -0.05) is 12.1 Å². The van der Waals surface area contributed by atoms with Crippen LogP contribution in [0.1, 0.15) is 17.5 Å². The van der Waals surface area contributed by atoms with Crippen LogP contribution in [-0.2, 0) is 6.54 Å². The Bertz CT molecular complexity index is 420. The summed E-state index contributed by atoms with van der Waals surface area (Å²) in [5.41, 5.74) is 1.72.